The molecule has 0 unspecified atom stereocenters. The Labute approximate surface area is 187 Å². The fraction of sp³-hybridized carbons (Fsp3) is 0.304. The first-order chi connectivity index (χ1) is 15.0. The number of piperazine rings is 1. The minimum absolute atomic E-state index is 0.351. The molecule has 7 nitrogen and oxygen atoms in total. The zero-order chi connectivity index (χ0) is 22.0. The van der Waals surface area contributed by atoms with Gasteiger partial charge < -0.3 is 25.0 Å². The quantitative estimate of drug-likeness (QED) is 0.629. The lowest BCUT2D eigenvalue weighted by atomic mass is 10.1. The fourth-order valence-corrected chi connectivity index (χ4v) is 3.86. The van der Waals surface area contributed by atoms with Crippen LogP contribution in [0.25, 0.3) is 0 Å². The Balaban J connectivity index is 1.47. The number of nitrogens with zero attached hydrogens (tertiary/aromatic N) is 4. The number of aromatic nitrogens is 2. The van der Waals surface area contributed by atoms with Crippen LogP contribution in [0.3, 0.4) is 0 Å². The molecule has 1 fully saturated rings. The maximum Gasteiger partial charge on any atom is 0.248 e. The summed E-state index contributed by atoms with van der Waals surface area (Å²) in [6.07, 6.45) is 1.49. The molecular weight excluding hydrogens is 414 g/mol. The molecule has 0 saturated carbocycles. The van der Waals surface area contributed by atoms with E-state index >= 15 is 0 Å². The molecule has 0 amide bonds. The topological polar surface area (TPSA) is 76.7 Å². The number of anilines is 3. The summed E-state index contributed by atoms with van der Waals surface area (Å²) in [7, 11) is 1.67. The van der Waals surface area contributed by atoms with Crippen molar-refractivity contribution in [1.82, 2.24) is 9.97 Å². The van der Waals surface area contributed by atoms with E-state index in [1.165, 1.54) is 12.0 Å². The predicted molar refractivity (Wildman–Crippen MR) is 125 cm³/mol. The highest BCUT2D eigenvalue weighted by Gasteiger charge is 2.22. The van der Waals surface area contributed by atoms with Crippen molar-refractivity contribution in [2.45, 2.75) is 13.8 Å². The molecule has 1 saturated heterocycles. The Hall–Kier alpha value is -3.19. The first kappa shape index (κ1) is 21.1. The number of nitrogens with two attached hydrogens (primary N) is 1. The van der Waals surface area contributed by atoms with Crippen LogP contribution in [0.1, 0.15) is 11.1 Å². The van der Waals surface area contributed by atoms with E-state index in [1.54, 1.807) is 7.11 Å². The number of halogens is 1. The van der Waals surface area contributed by atoms with Gasteiger partial charge in [0.1, 0.15) is 23.5 Å². The van der Waals surface area contributed by atoms with Crippen molar-refractivity contribution in [1.29, 1.82) is 0 Å². The summed E-state index contributed by atoms with van der Waals surface area (Å²) in [5.74, 6) is 2.56. The summed E-state index contributed by atoms with van der Waals surface area (Å²) in [5.41, 5.74) is 9.90. The van der Waals surface area contributed by atoms with E-state index in [0.717, 1.165) is 48.1 Å². The molecule has 31 heavy (non-hydrogen) atoms. The number of methoxy groups -OCH3 is 1. The van der Waals surface area contributed by atoms with Crippen LogP contribution in [0, 0.1) is 13.8 Å². The number of rotatable bonds is 5. The fourth-order valence-electron chi connectivity index (χ4n) is 3.75. The molecule has 1 aliphatic heterocycles. The van der Waals surface area contributed by atoms with Gasteiger partial charge in [0.05, 0.1) is 7.11 Å². The van der Waals surface area contributed by atoms with Gasteiger partial charge in [0.15, 0.2) is 5.82 Å². The zero-order valence-corrected chi connectivity index (χ0v) is 18.7. The third-order valence-corrected chi connectivity index (χ3v) is 6.06. The summed E-state index contributed by atoms with van der Waals surface area (Å²) in [5, 5.41) is 0.735. The Morgan fingerprint density at radius 2 is 1.52 bits per heavy atom. The number of aryl methyl sites for hydroxylation is 2. The standard InChI is InChI=1S/C23H26ClN5O2/c1-15-12-19(13-16(2)20(15)24)31-23-21(25)22(26-14-27-23)29-10-8-28(9-11-29)17-4-6-18(30-3)7-5-17/h4-7,12-14H,8-11,25H2,1-3H3. The third kappa shape index (κ3) is 4.46. The van der Waals surface area contributed by atoms with E-state index in [0.29, 0.717) is 23.1 Å². The number of ether oxygens (including phenoxy) is 2. The van der Waals surface area contributed by atoms with Crippen molar-refractivity contribution in [3.63, 3.8) is 0 Å². The summed E-state index contributed by atoms with van der Waals surface area (Å²) in [6.45, 7) is 7.21. The minimum Gasteiger partial charge on any atom is -0.497 e. The zero-order valence-electron chi connectivity index (χ0n) is 17.9. The van der Waals surface area contributed by atoms with Crippen LogP contribution in [-0.2, 0) is 0 Å². The SMILES string of the molecule is COc1ccc(N2CCN(c3ncnc(Oc4cc(C)c(Cl)c(C)c4)c3N)CC2)cc1. The lowest BCUT2D eigenvalue weighted by Gasteiger charge is -2.37. The summed E-state index contributed by atoms with van der Waals surface area (Å²) < 4.78 is 11.2. The van der Waals surface area contributed by atoms with E-state index in [9.17, 15) is 0 Å². The molecule has 8 heteroatoms. The summed E-state index contributed by atoms with van der Waals surface area (Å²) >= 11 is 6.26. The van der Waals surface area contributed by atoms with Gasteiger partial charge in [0.25, 0.3) is 0 Å². The van der Waals surface area contributed by atoms with E-state index in [-0.39, 0.29) is 0 Å². The highest BCUT2D eigenvalue weighted by molar-refractivity contribution is 6.32. The molecule has 1 aromatic heterocycles. The predicted octanol–water partition coefficient (Wildman–Crippen LogP) is 4.46. The van der Waals surface area contributed by atoms with Gasteiger partial charge in [-0.2, -0.15) is 4.98 Å². The second-order valence-electron chi connectivity index (χ2n) is 7.56. The molecular formula is C23H26ClN5O2. The largest absolute Gasteiger partial charge is 0.497 e. The van der Waals surface area contributed by atoms with Gasteiger partial charge in [-0.05, 0) is 61.4 Å². The monoisotopic (exact) mass is 439 g/mol. The molecule has 0 aliphatic carbocycles. The maximum absolute atomic E-state index is 6.40. The van der Waals surface area contributed by atoms with Crippen molar-refractivity contribution >= 4 is 28.8 Å². The number of hydrogen-bond donors (Lipinski definition) is 1. The van der Waals surface area contributed by atoms with E-state index in [1.807, 2.05) is 38.1 Å². The van der Waals surface area contributed by atoms with Crippen LogP contribution in [0.2, 0.25) is 5.02 Å². The number of hydrogen-bond acceptors (Lipinski definition) is 7. The van der Waals surface area contributed by atoms with Gasteiger partial charge in [-0.3, -0.25) is 0 Å². The van der Waals surface area contributed by atoms with Crippen LogP contribution >= 0.6 is 11.6 Å². The van der Waals surface area contributed by atoms with Crippen LogP contribution in [-0.4, -0.2) is 43.3 Å². The average Bonchev–Trinajstić information content (AvgIpc) is 2.79. The van der Waals surface area contributed by atoms with Gasteiger partial charge in [-0.25, -0.2) is 4.98 Å². The van der Waals surface area contributed by atoms with Crippen molar-refractivity contribution < 1.29 is 9.47 Å². The normalized spacial score (nSPS) is 13.9. The molecule has 2 heterocycles. The molecule has 1 aliphatic rings. The molecule has 3 aromatic rings. The van der Waals surface area contributed by atoms with Crippen molar-refractivity contribution in [2.24, 2.45) is 0 Å². The third-order valence-electron chi connectivity index (χ3n) is 5.47. The molecule has 0 bridgehead atoms. The van der Waals surface area contributed by atoms with Gasteiger partial charge in [-0.1, -0.05) is 11.6 Å². The van der Waals surface area contributed by atoms with Crippen molar-refractivity contribution in [3.05, 3.63) is 58.9 Å². The first-order valence-electron chi connectivity index (χ1n) is 10.2. The second kappa shape index (κ2) is 8.89. The maximum atomic E-state index is 6.40. The molecule has 0 spiro atoms. The number of benzene rings is 2. The van der Waals surface area contributed by atoms with Crippen LogP contribution in [0.15, 0.2) is 42.7 Å². The van der Waals surface area contributed by atoms with E-state index in [2.05, 4.69) is 31.9 Å². The Morgan fingerprint density at radius 3 is 2.13 bits per heavy atom. The van der Waals surface area contributed by atoms with Crippen LogP contribution in [0.5, 0.6) is 17.4 Å². The van der Waals surface area contributed by atoms with Crippen LogP contribution in [0.4, 0.5) is 17.2 Å². The van der Waals surface area contributed by atoms with Gasteiger partial charge in [0, 0.05) is 36.9 Å². The summed E-state index contributed by atoms with van der Waals surface area (Å²) in [4.78, 5) is 13.2. The lowest BCUT2D eigenvalue weighted by Crippen LogP contribution is -2.47. The minimum atomic E-state index is 0.351. The molecule has 2 N–H and O–H groups in total. The molecule has 0 radical (unpaired) electrons. The first-order valence-corrected chi connectivity index (χ1v) is 10.5. The average molecular weight is 440 g/mol. The highest BCUT2D eigenvalue weighted by Crippen LogP contribution is 2.34. The van der Waals surface area contributed by atoms with Gasteiger partial charge >= 0.3 is 0 Å². The van der Waals surface area contributed by atoms with Crippen molar-refractivity contribution in [3.8, 4) is 17.4 Å². The van der Waals surface area contributed by atoms with Crippen LogP contribution < -0.4 is 25.0 Å². The molecule has 162 valence electrons. The second-order valence-corrected chi connectivity index (χ2v) is 7.94. The van der Waals surface area contributed by atoms with E-state index < -0.39 is 0 Å². The lowest BCUT2D eigenvalue weighted by molar-refractivity contribution is 0.415. The highest BCUT2D eigenvalue weighted by atomic mass is 35.5. The molecule has 2 aromatic carbocycles. The van der Waals surface area contributed by atoms with Crippen molar-refractivity contribution in [2.75, 3.05) is 48.8 Å². The van der Waals surface area contributed by atoms with Gasteiger partial charge in [0.2, 0.25) is 5.88 Å². The molecule has 4 rings (SSSR count). The van der Waals surface area contributed by atoms with Gasteiger partial charge in [-0.15, -0.1) is 0 Å². The number of nitrogen functional groups attached to an aromatic ring is 1. The smallest absolute Gasteiger partial charge is 0.248 e. The Morgan fingerprint density at radius 1 is 0.903 bits per heavy atom. The Kier molecular flexibility index (Phi) is 6.04. The molecule has 0 atom stereocenters. The van der Waals surface area contributed by atoms with E-state index in [4.69, 9.17) is 26.8 Å². The Bertz CT molecular complexity index is 1040. The summed E-state index contributed by atoms with van der Waals surface area (Å²) in [6, 6.07) is 11.9.